The predicted octanol–water partition coefficient (Wildman–Crippen LogP) is 4.94. The van der Waals surface area contributed by atoms with Crippen molar-refractivity contribution >= 4 is 27.5 Å². The predicted molar refractivity (Wildman–Crippen MR) is 107 cm³/mol. The van der Waals surface area contributed by atoms with Crippen LogP contribution in [0, 0.1) is 0 Å². The Kier molecular flexibility index (Phi) is 4.10. The van der Waals surface area contributed by atoms with Gasteiger partial charge < -0.3 is 14.8 Å². The fourth-order valence-electron chi connectivity index (χ4n) is 4.56. The maximum absolute atomic E-state index is 13.0. The zero-order valence-electron chi connectivity index (χ0n) is 14.8. The van der Waals surface area contributed by atoms with Crippen LogP contribution in [0.15, 0.2) is 64.1 Å². The fourth-order valence-corrected chi connectivity index (χ4v) is 5.24. The summed E-state index contributed by atoms with van der Waals surface area (Å²) in [6, 6.07) is 15.6. The van der Waals surface area contributed by atoms with Crippen molar-refractivity contribution in [3.05, 3.63) is 69.7 Å². The van der Waals surface area contributed by atoms with E-state index in [0.29, 0.717) is 13.0 Å². The Morgan fingerprint density at radius 2 is 2.00 bits per heavy atom. The van der Waals surface area contributed by atoms with Crippen molar-refractivity contribution in [2.75, 3.05) is 11.9 Å². The fraction of sp³-hybridized carbons (Fsp3) is 0.318. The first-order valence-corrected chi connectivity index (χ1v) is 10.1. The van der Waals surface area contributed by atoms with Gasteiger partial charge in [0.25, 0.3) is 5.91 Å². The highest BCUT2D eigenvalue weighted by Crippen LogP contribution is 2.53. The minimum absolute atomic E-state index is 0.0763. The molecule has 138 valence electrons. The molecule has 5 rings (SSSR count). The van der Waals surface area contributed by atoms with Crippen LogP contribution in [0.3, 0.4) is 0 Å². The lowest BCUT2D eigenvalue weighted by Crippen LogP contribution is -2.46. The molecule has 0 saturated carbocycles. The number of carbonyl (C=O) groups is 1. The number of halogens is 1. The van der Waals surface area contributed by atoms with Gasteiger partial charge in [-0.1, -0.05) is 45.8 Å². The van der Waals surface area contributed by atoms with E-state index in [-0.39, 0.29) is 12.0 Å². The van der Waals surface area contributed by atoms with Gasteiger partial charge in [-0.3, -0.25) is 4.79 Å². The second-order valence-corrected chi connectivity index (χ2v) is 8.19. The van der Waals surface area contributed by atoms with E-state index in [1.165, 1.54) is 11.1 Å². The molecule has 27 heavy (non-hydrogen) atoms. The third-order valence-electron chi connectivity index (χ3n) is 5.75. The van der Waals surface area contributed by atoms with Gasteiger partial charge in [0.1, 0.15) is 18.5 Å². The summed E-state index contributed by atoms with van der Waals surface area (Å²) in [5.74, 6) is 0.742. The first-order chi connectivity index (χ1) is 13.2. The van der Waals surface area contributed by atoms with E-state index in [1.807, 2.05) is 48.5 Å². The van der Waals surface area contributed by atoms with E-state index in [2.05, 4.69) is 21.2 Å². The highest BCUT2D eigenvalue weighted by molar-refractivity contribution is 9.10. The molecule has 0 aromatic heterocycles. The average Bonchev–Trinajstić information content (AvgIpc) is 3.25. The van der Waals surface area contributed by atoms with Crippen molar-refractivity contribution < 1.29 is 14.3 Å². The third-order valence-corrected chi connectivity index (χ3v) is 6.41. The number of benzene rings is 2. The largest absolute Gasteiger partial charge is 0.491 e. The van der Waals surface area contributed by atoms with Crippen LogP contribution in [0.25, 0.3) is 0 Å². The summed E-state index contributed by atoms with van der Waals surface area (Å²) in [6.45, 7) is 0.414. The van der Waals surface area contributed by atoms with Crippen LogP contribution in [-0.2, 0) is 15.1 Å². The summed E-state index contributed by atoms with van der Waals surface area (Å²) in [5.41, 5.74) is 3.47. The number of nitrogens with one attached hydrogen (secondary N) is 1. The normalized spacial score (nSPS) is 26.1. The molecule has 2 heterocycles. The van der Waals surface area contributed by atoms with Crippen LogP contribution in [0.5, 0.6) is 5.75 Å². The Morgan fingerprint density at radius 1 is 1.15 bits per heavy atom. The number of hydrogen-bond acceptors (Lipinski definition) is 3. The Bertz CT molecular complexity index is 940. The van der Waals surface area contributed by atoms with Crippen LogP contribution < -0.4 is 10.1 Å². The molecule has 3 aliphatic rings. The number of amides is 1. The number of carbonyl (C=O) groups excluding carboxylic acids is 1. The molecule has 0 saturated heterocycles. The van der Waals surface area contributed by atoms with E-state index in [4.69, 9.17) is 9.47 Å². The first-order valence-electron chi connectivity index (χ1n) is 9.34. The van der Waals surface area contributed by atoms with Crippen molar-refractivity contribution in [1.82, 2.24) is 0 Å². The molecule has 2 aliphatic heterocycles. The quantitative estimate of drug-likeness (QED) is 0.707. The van der Waals surface area contributed by atoms with Gasteiger partial charge in [-0.25, -0.2) is 0 Å². The molecule has 0 fully saturated rings. The molecule has 5 heteroatoms. The number of hydrogen-bond donors (Lipinski definition) is 1. The van der Waals surface area contributed by atoms with Crippen LogP contribution in [-0.4, -0.2) is 18.6 Å². The summed E-state index contributed by atoms with van der Waals surface area (Å²) < 4.78 is 13.5. The number of para-hydroxylation sites is 1. The lowest BCUT2D eigenvalue weighted by Gasteiger charge is -2.38. The van der Waals surface area contributed by atoms with Gasteiger partial charge in [-0.2, -0.15) is 0 Å². The monoisotopic (exact) mass is 425 g/mol. The number of anilines is 1. The van der Waals surface area contributed by atoms with Gasteiger partial charge in [0.15, 0.2) is 5.60 Å². The highest BCUT2D eigenvalue weighted by Gasteiger charge is 2.54. The van der Waals surface area contributed by atoms with Crippen LogP contribution in [0.1, 0.15) is 31.2 Å². The van der Waals surface area contributed by atoms with Gasteiger partial charge in [0.2, 0.25) is 0 Å². The maximum atomic E-state index is 13.0. The van der Waals surface area contributed by atoms with E-state index >= 15 is 0 Å². The van der Waals surface area contributed by atoms with Crippen molar-refractivity contribution in [2.45, 2.75) is 37.4 Å². The molecule has 0 radical (unpaired) electrons. The molecule has 0 bridgehead atoms. The molecule has 1 spiro atoms. The summed E-state index contributed by atoms with van der Waals surface area (Å²) in [6.07, 6.45) is 3.61. The summed E-state index contributed by atoms with van der Waals surface area (Å²) in [7, 11) is 0. The molecule has 1 N–H and O–H groups in total. The Balaban J connectivity index is 1.51. The Labute approximate surface area is 166 Å². The SMILES string of the molecule is O=C1Nc2cccc(Br)c2[C@]12CC1=C(CCC1)[C@@H](COc1ccccc1)O2. The van der Waals surface area contributed by atoms with Crippen molar-refractivity contribution in [3.8, 4) is 5.75 Å². The van der Waals surface area contributed by atoms with Gasteiger partial charge in [0, 0.05) is 22.1 Å². The lowest BCUT2D eigenvalue weighted by atomic mass is 9.83. The minimum atomic E-state index is -0.969. The molecular weight excluding hydrogens is 406 g/mol. The Morgan fingerprint density at radius 3 is 2.85 bits per heavy atom. The second-order valence-electron chi connectivity index (χ2n) is 7.33. The molecule has 2 aromatic carbocycles. The molecule has 2 aromatic rings. The smallest absolute Gasteiger partial charge is 0.261 e. The third kappa shape index (κ3) is 2.72. The van der Waals surface area contributed by atoms with Gasteiger partial charge >= 0.3 is 0 Å². The summed E-state index contributed by atoms with van der Waals surface area (Å²) >= 11 is 3.63. The maximum Gasteiger partial charge on any atom is 0.261 e. The van der Waals surface area contributed by atoms with Gasteiger partial charge in [-0.15, -0.1) is 0 Å². The van der Waals surface area contributed by atoms with E-state index in [0.717, 1.165) is 40.7 Å². The number of rotatable bonds is 3. The molecule has 4 nitrogen and oxygen atoms in total. The van der Waals surface area contributed by atoms with Crippen LogP contribution >= 0.6 is 15.9 Å². The van der Waals surface area contributed by atoms with Crippen molar-refractivity contribution in [3.63, 3.8) is 0 Å². The molecule has 0 unspecified atom stereocenters. The average molecular weight is 426 g/mol. The molecular formula is C22H20BrNO3. The number of ether oxygens (including phenoxy) is 2. The molecule has 2 atom stereocenters. The van der Waals surface area contributed by atoms with E-state index in [1.54, 1.807) is 0 Å². The zero-order chi connectivity index (χ0) is 18.4. The van der Waals surface area contributed by atoms with Gasteiger partial charge in [-0.05, 0) is 49.1 Å². The van der Waals surface area contributed by atoms with Gasteiger partial charge in [0.05, 0.1) is 0 Å². The van der Waals surface area contributed by atoms with Crippen molar-refractivity contribution in [2.24, 2.45) is 0 Å². The van der Waals surface area contributed by atoms with Crippen LogP contribution in [0.4, 0.5) is 5.69 Å². The molecule has 1 amide bonds. The minimum Gasteiger partial charge on any atom is -0.491 e. The van der Waals surface area contributed by atoms with E-state index in [9.17, 15) is 4.79 Å². The van der Waals surface area contributed by atoms with Crippen LogP contribution in [0.2, 0.25) is 0 Å². The first kappa shape index (κ1) is 17.0. The highest BCUT2D eigenvalue weighted by atomic mass is 79.9. The zero-order valence-corrected chi connectivity index (χ0v) is 16.4. The van der Waals surface area contributed by atoms with E-state index < -0.39 is 5.60 Å². The second kappa shape index (κ2) is 6.50. The summed E-state index contributed by atoms with van der Waals surface area (Å²) in [4.78, 5) is 13.0. The summed E-state index contributed by atoms with van der Waals surface area (Å²) in [5, 5.41) is 3.02. The molecule has 1 aliphatic carbocycles. The Hall–Kier alpha value is -2.11. The van der Waals surface area contributed by atoms with Crippen molar-refractivity contribution in [1.29, 1.82) is 0 Å². The topological polar surface area (TPSA) is 47.6 Å². The number of fused-ring (bicyclic) bond motifs is 2. The standard InChI is InChI=1S/C22H20BrNO3/c23-17-10-5-11-18-20(17)22(21(25)24-18)12-14-6-4-9-16(14)19(27-22)13-26-15-7-2-1-3-8-15/h1-3,5,7-8,10-11,19H,4,6,9,12-13H2,(H,24,25)/t19-,22-/m1/s1. The lowest BCUT2D eigenvalue weighted by molar-refractivity contribution is -0.152.